The van der Waals surface area contributed by atoms with Crippen LogP contribution in [-0.4, -0.2) is 48.0 Å². The zero-order chi connectivity index (χ0) is 21.0. The Morgan fingerprint density at radius 3 is 2.66 bits per heavy atom. The number of alkyl halides is 3. The molecule has 0 unspecified atom stereocenters. The number of hydrogen-bond acceptors (Lipinski definition) is 5. The Kier molecular flexibility index (Phi) is 6.24. The van der Waals surface area contributed by atoms with Crippen LogP contribution in [0.4, 0.5) is 19.1 Å². The Bertz CT molecular complexity index is 852. The van der Waals surface area contributed by atoms with Gasteiger partial charge in [-0.1, -0.05) is 12.1 Å². The van der Waals surface area contributed by atoms with Crippen LogP contribution in [0.1, 0.15) is 24.0 Å². The topological polar surface area (TPSA) is 58.6 Å². The van der Waals surface area contributed by atoms with E-state index in [1.165, 1.54) is 18.1 Å². The number of benzene rings is 1. The van der Waals surface area contributed by atoms with Crippen molar-refractivity contribution in [1.29, 1.82) is 0 Å². The van der Waals surface area contributed by atoms with E-state index in [9.17, 15) is 18.0 Å². The maximum atomic E-state index is 12.9. The minimum atomic E-state index is -4.40. The van der Waals surface area contributed by atoms with Crippen molar-refractivity contribution in [2.75, 3.05) is 32.1 Å². The van der Waals surface area contributed by atoms with Gasteiger partial charge in [0.25, 0.3) is 0 Å². The number of methoxy groups -OCH3 is 1. The molecule has 1 amide bonds. The van der Waals surface area contributed by atoms with Gasteiger partial charge in [0, 0.05) is 44.9 Å². The molecule has 0 bridgehead atoms. The highest BCUT2D eigenvalue weighted by Gasteiger charge is 2.31. The van der Waals surface area contributed by atoms with Crippen molar-refractivity contribution in [3.63, 3.8) is 0 Å². The largest absolute Gasteiger partial charge is 0.481 e. The number of ether oxygens (including phenoxy) is 1. The Hall–Kier alpha value is -2.84. The van der Waals surface area contributed by atoms with Crippen LogP contribution in [0.2, 0.25) is 0 Å². The van der Waals surface area contributed by atoms with Crippen molar-refractivity contribution in [3.8, 4) is 5.88 Å². The summed E-state index contributed by atoms with van der Waals surface area (Å²) in [5.74, 6) is 0.808. The Balaban J connectivity index is 1.57. The second-order valence-electron chi connectivity index (χ2n) is 7.05. The van der Waals surface area contributed by atoms with Gasteiger partial charge in [-0.3, -0.25) is 4.79 Å². The molecule has 1 aliphatic heterocycles. The lowest BCUT2D eigenvalue weighted by Crippen LogP contribution is -2.41. The van der Waals surface area contributed by atoms with Crippen LogP contribution in [0, 0.1) is 5.92 Å². The summed E-state index contributed by atoms with van der Waals surface area (Å²) in [6, 6.07) is 6.75. The number of rotatable bonds is 5. The maximum absolute atomic E-state index is 12.9. The summed E-state index contributed by atoms with van der Waals surface area (Å²) >= 11 is 0. The van der Waals surface area contributed by atoms with E-state index in [2.05, 4.69) is 9.97 Å². The molecule has 1 fully saturated rings. The van der Waals surface area contributed by atoms with Crippen LogP contribution in [0.3, 0.4) is 0 Å². The Morgan fingerprint density at radius 1 is 1.28 bits per heavy atom. The molecule has 3 rings (SSSR count). The first-order chi connectivity index (χ1) is 13.8. The van der Waals surface area contributed by atoms with Crippen LogP contribution in [0.15, 0.2) is 36.5 Å². The maximum Gasteiger partial charge on any atom is 0.416 e. The number of carbonyl (C=O) groups excluding carboxylic acids is 1. The van der Waals surface area contributed by atoms with Crippen molar-refractivity contribution in [2.24, 2.45) is 5.92 Å². The Morgan fingerprint density at radius 2 is 2.00 bits per heavy atom. The van der Waals surface area contributed by atoms with Crippen molar-refractivity contribution >= 4 is 11.9 Å². The SMILES string of the molecule is COc1ccnc(N2CCC(C(=O)N(C)Cc3cccc(C(F)(F)F)c3)CC2)n1. The molecule has 0 aliphatic carbocycles. The van der Waals surface area contributed by atoms with Gasteiger partial charge in [0.15, 0.2) is 0 Å². The van der Waals surface area contributed by atoms with Crippen LogP contribution in [0.25, 0.3) is 0 Å². The fourth-order valence-corrected chi connectivity index (χ4v) is 3.43. The standard InChI is InChI=1S/C20H23F3N4O2/c1-26(13-14-4-3-5-16(12-14)20(21,22)23)18(28)15-7-10-27(11-8-15)19-24-9-6-17(25-19)29-2/h3-6,9,12,15H,7-8,10-11,13H2,1-2H3. The zero-order valence-corrected chi connectivity index (χ0v) is 16.3. The highest BCUT2D eigenvalue weighted by atomic mass is 19.4. The first-order valence-corrected chi connectivity index (χ1v) is 9.31. The van der Waals surface area contributed by atoms with Crippen molar-refractivity contribution in [1.82, 2.24) is 14.9 Å². The lowest BCUT2D eigenvalue weighted by atomic mass is 9.95. The minimum Gasteiger partial charge on any atom is -0.481 e. The molecular formula is C20H23F3N4O2. The molecular weight excluding hydrogens is 385 g/mol. The summed E-state index contributed by atoms with van der Waals surface area (Å²) in [4.78, 5) is 24.8. The second kappa shape index (κ2) is 8.67. The average Bonchev–Trinajstić information content (AvgIpc) is 2.73. The van der Waals surface area contributed by atoms with Crippen LogP contribution >= 0.6 is 0 Å². The molecule has 6 nitrogen and oxygen atoms in total. The molecule has 156 valence electrons. The van der Waals surface area contributed by atoms with E-state index in [0.717, 1.165) is 12.1 Å². The van der Waals surface area contributed by atoms with E-state index in [-0.39, 0.29) is 18.4 Å². The quantitative estimate of drug-likeness (QED) is 0.759. The molecule has 1 saturated heterocycles. The first-order valence-electron chi connectivity index (χ1n) is 9.31. The number of carbonyl (C=O) groups is 1. The summed E-state index contributed by atoms with van der Waals surface area (Å²) in [6.45, 7) is 1.39. The normalized spacial score (nSPS) is 15.3. The minimum absolute atomic E-state index is 0.0615. The predicted octanol–water partition coefficient (Wildman–Crippen LogP) is 3.38. The first kappa shape index (κ1) is 20.9. The lowest BCUT2D eigenvalue weighted by molar-refractivity contribution is -0.137. The van der Waals surface area contributed by atoms with E-state index >= 15 is 0 Å². The highest BCUT2D eigenvalue weighted by molar-refractivity contribution is 5.79. The summed E-state index contributed by atoms with van der Waals surface area (Å²) in [7, 11) is 3.16. The third-order valence-corrected chi connectivity index (χ3v) is 5.00. The fraction of sp³-hybridized carbons (Fsp3) is 0.450. The van der Waals surface area contributed by atoms with Crippen LogP contribution in [0.5, 0.6) is 5.88 Å². The van der Waals surface area contributed by atoms with Gasteiger partial charge in [-0.05, 0) is 30.5 Å². The number of aromatic nitrogens is 2. The molecule has 29 heavy (non-hydrogen) atoms. The molecule has 2 aromatic rings. The van der Waals surface area contributed by atoms with Gasteiger partial charge >= 0.3 is 6.18 Å². The summed E-state index contributed by atoms with van der Waals surface area (Å²) in [5.41, 5.74) is -0.250. The fourth-order valence-electron chi connectivity index (χ4n) is 3.43. The number of nitrogens with zero attached hydrogens (tertiary/aromatic N) is 4. The smallest absolute Gasteiger partial charge is 0.416 e. The van der Waals surface area contributed by atoms with Crippen molar-refractivity contribution in [2.45, 2.75) is 25.6 Å². The number of amides is 1. The van der Waals surface area contributed by atoms with Gasteiger partial charge in [-0.2, -0.15) is 18.2 Å². The summed E-state index contributed by atoms with van der Waals surface area (Å²) in [5, 5.41) is 0. The van der Waals surface area contributed by atoms with Gasteiger partial charge in [-0.25, -0.2) is 4.98 Å². The van der Waals surface area contributed by atoms with E-state index in [4.69, 9.17) is 4.74 Å². The van der Waals surface area contributed by atoms with Gasteiger partial charge < -0.3 is 14.5 Å². The van der Waals surface area contributed by atoms with Crippen LogP contribution < -0.4 is 9.64 Å². The monoisotopic (exact) mass is 408 g/mol. The molecule has 0 saturated carbocycles. The third-order valence-electron chi connectivity index (χ3n) is 5.00. The molecule has 1 aromatic carbocycles. The van der Waals surface area contributed by atoms with E-state index < -0.39 is 11.7 Å². The summed E-state index contributed by atoms with van der Waals surface area (Å²) in [6.07, 6.45) is -1.51. The average molecular weight is 408 g/mol. The third kappa shape index (κ3) is 5.16. The molecule has 0 N–H and O–H groups in total. The predicted molar refractivity (Wildman–Crippen MR) is 101 cm³/mol. The zero-order valence-electron chi connectivity index (χ0n) is 16.3. The molecule has 1 aliphatic rings. The number of hydrogen-bond donors (Lipinski definition) is 0. The van der Waals surface area contributed by atoms with Crippen molar-refractivity contribution in [3.05, 3.63) is 47.7 Å². The number of halogens is 3. The molecule has 0 spiro atoms. The molecule has 1 aromatic heterocycles. The number of anilines is 1. The molecule has 0 radical (unpaired) electrons. The van der Waals surface area contributed by atoms with E-state index in [1.54, 1.807) is 25.4 Å². The molecule has 9 heteroatoms. The van der Waals surface area contributed by atoms with Crippen LogP contribution in [-0.2, 0) is 17.5 Å². The van der Waals surface area contributed by atoms with Gasteiger partial charge in [0.2, 0.25) is 17.7 Å². The van der Waals surface area contributed by atoms with E-state index in [0.29, 0.717) is 43.3 Å². The van der Waals surface area contributed by atoms with Gasteiger partial charge in [0.1, 0.15) is 0 Å². The molecule has 0 atom stereocenters. The molecule has 2 heterocycles. The van der Waals surface area contributed by atoms with E-state index in [1.807, 2.05) is 4.90 Å². The highest BCUT2D eigenvalue weighted by Crippen LogP contribution is 2.30. The van der Waals surface area contributed by atoms with Crippen molar-refractivity contribution < 1.29 is 22.7 Å². The lowest BCUT2D eigenvalue weighted by Gasteiger charge is -2.33. The summed E-state index contributed by atoms with van der Waals surface area (Å²) < 4.78 is 43.7. The second-order valence-corrected chi connectivity index (χ2v) is 7.05. The van der Waals surface area contributed by atoms with Gasteiger partial charge in [-0.15, -0.1) is 0 Å². The number of piperidine rings is 1. The Labute approximate surface area is 167 Å². The van der Waals surface area contributed by atoms with Gasteiger partial charge in [0.05, 0.1) is 12.7 Å².